The van der Waals surface area contributed by atoms with E-state index in [1.807, 2.05) is 31.2 Å². The lowest BCUT2D eigenvalue weighted by molar-refractivity contribution is 0.0692. The number of fused-ring (bicyclic) bond motifs is 1. The van der Waals surface area contributed by atoms with Gasteiger partial charge in [0.15, 0.2) is 0 Å². The number of nitrogens with zero attached hydrogens (tertiary/aromatic N) is 3. The number of hydrogen-bond acceptors (Lipinski definition) is 5. The van der Waals surface area contributed by atoms with Crippen molar-refractivity contribution in [3.63, 3.8) is 0 Å². The highest BCUT2D eigenvalue weighted by Crippen LogP contribution is 2.31. The van der Waals surface area contributed by atoms with E-state index in [4.69, 9.17) is 0 Å². The number of hydrogen-bond donors (Lipinski definition) is 2. The van der Waals surface area contributed by atoms with E-state index in [2.05, 4.69) is 21.5 Å². The van der Waals surface area contributed by atoms with Gasteiger partial charge in [0.2, 0.25) is 0 Å². The molecular formula is C20H16N4O3S. The van der Waals surface area contributed by atoms with Crippen molar-refractivity contribution in [1.82, 2.24) is 14.8 Å². The maximum Gasteiger partial charge on any atom is 0.339 e. The second-order valence-electron chi connectivity index (χ2n) is 6.36. The van der Waals surface area contributed by atoms with E-state index in [1.54, 1.807) is 23.5 Å². The smallest absolute Gasteiger partial charge is 0.339 e. The Hall–Kier alpha value is -3.52. The molecule has 0 bridgehead atoms. The van der Waals surface area contributed by atoms with Crippen LogP contribution in [-0.4, -0.2) is 31.7 Å². The summed E-state index contributed by atoms with van der Waals surface area (Å²) in [6.07, 6.45) is 1.16. The van der Waals surface area contributed by atoms with E-state index in [0.717, 1.165) is 27.0 Å². The Kier molecular flexibility index (Phi) is 4.40. The number of anilines is 1. The number of amides is 1. The Balaban J connectivity index is 1.57. The lowest BCUT2D eigenvalue weighted by Crippen LogP contribution is -2.19. The highest BCUT2D eigenvalue weighted by molar-refractivity contribution is 7.21. The summed E-state index contributed by atoms with van der Waals surface area (Å²) in [6.45, 7) is 2.05. The Morgan fingerprint density at radius 2 is 1.89 bits per heavy atom. The maximum atomic E-state index is 12.5. The van der Waals surface area contributed by atoms with Gasteiger partial charge in [-0.2, -0.15) is 5.10 Å². The number of nitrogens with one attached hydrogen (secondary N) is 1. The number of thiazole rings is 1. The van der Waals surface area contributed by atoms with Crippen LogP contribution in [0.5, 0.6) is 0 Å². The van der Waals surface area contributed by atoms with Gasteiger partial charge in [-0.1, -0.05) is 6.07 Å². The van der Waals surface area contributed by atoms with Crippen molar-refractivity contribution in [1.29, 1.82) is 0 Å². The van der Waals surface area contributed by atoms with E-state index < -0.39 is 11.9 Å². The molecule has 0 aliphatic carbocycles. The lowest BCUT2D eigenvalue weighted by atomic mass is 10.2. The fraction of sp³-hybridized carbons (Fsp3) is 0.100. The molecule has 2 aromatic carbocycles. The summed E-state index contributed by atoms with van der Waals surface area (Å²) in [7, 11) is 1.53. The fourth-order valence-electron chi connectivity index (χ4n) is 2.91. The molecule has 140 valence electrons. The Bertz CT molecular complexity index is 1210. The zero-order valence-electron chi connectivity index (χ0n) is 15.1. The first kappa shape index (κ1) is 17.9. The molecule has 0 fully saturated rings. The second-order valence-corrected chi connectivity index (χ2v) is 7.39. The number of carboxylic acid groups (broad SMARTS) is 1. The summed E-state index contributed by atoms with van der Waals surface area (Å²) in [4.78, 5) is 28.4. The molecule has 1 amide bonds. The van der Waals surface area contributed by atoms with Crippen LogP contribution in [0.25, 0.3) is 20.8 Å². The number of carbonyl (C=O) groups excluding carboxylic acids is 1. The molecule has 4 rings (SSSR count). The summed E-state index contributed by atoms with van der Waals surface area (Å²) < 4.78 is 2.38. The molecule has 4 aromatic rings. The van der Waals surface area contributed by atoms with Crippen LogP contribution in [0.2, 0.25) is 0 Å². The molecule has 0 radical (unpaired) electrons. The highest BCUT2D eigenvalue weighted by Gasteiger charge is 2.21. The molecule has 0 saturated carbocycles. The van der Waals surface area contributed by atoms with Gasteiger partial charge in [-0.3, -0.25) is 9.48 Å². The standard InChI is InChI=1S/C20H16N4O3S/c1-11-3-8-15-16(9-11)28-19(23-15)12-4-6-13(7-5-12)22-18(25)17-14(20(26)27)10-21-24(17)2/h3-10H,1-2H3,(H,22,25)(H,26,27). The van der Waals surface area contributed by atoms with Gasteiger partial charge in [-0.15, -0.1) is 11.3 Å². The van der Waals surface area contributed by atoms with Crippen LogP contribution in [0.4, 0.5) is 5.69 Å². The van der Waals surface area contributed by atoms with Gasteiger partial charge in [0.1, 0.15) is 16.3 Å². The second kappa shape index (κ2) is 6.90. The van der Waals surface area contributed by atoms with Crippen molar-refractivity contribution in [2.75, 3.05) is 5.32 Å². The van der Waals surface area contributed by atoms with Crippen LogP contribution < -0.4 is 5.32 Å². The first-order valence-corrected chi connectivity index (χ1v) is 9.28. The van der Waals surface area contributed by atoms with E-state index in [1.165, 1.54) is 17.3 Å². The molecule has 0 atom stereocenters. The van der Waals surface area contributed by atoms with Gasteiger partial charge in [0.25, 0.3) is 5.91 Å². The van der Waals surface area contributed by atoms with Gasteiger partial charge in [-0.25, -0.2) is 9.78 Å². The molecule has 7 nitrogen and oxygen atoms in total. The molecular weight excluding hydrogens is 376 g/mol. The van der Waals surface area contributed by atoms with Crippen LogP contribution in [-0.2, 0) is 7.05 Å². The van der Waals surface area contributed by atoms with E-state index in [9.17, 15) is 14.7 Å². The van der Waals surface area contributed by atoms with Crippen molar-refractivity contribution in [3.8, 4) is 10.6 Å². The monoisotopic (exact) mass is 392 g/mol. The maximum absolute atomic E-state index is 12.5. The third-order valence-electron chi connectivity index (χ3n) is 4.32. The molecule has 8 heteroatoms. The number of aryl methyl sites for hydroxylation is 2. The summed E-state index contributed by atoms with van der Waals surface area (Å²) in [5.41, 5.74) is 3.52. The zero-order valence-corrected chi connectivity index (χ0v) is 15.9. The molecule has 28 heavy (non-hydrogen) atoms. The first-order valence-electron chi connectivity index (χ1n) is 8.46. The normalized spacial score (nSPS) is 10.9. The summed E-state index contributed by atoms with van der Waals surface area (Å²) in [5, 5.41) is 16.7. The lowest BCUT2D eigenvalue weighted by Gasteiger charge is -2.07. The van der Waals surface area contributed by atoms with Crippen LogP contribution in [0.15, 0.2) is 48.7 Å². The number of aromatic nitrogens is 3. The number of rotatable bonds is 4. The molecule has 0 saturated heterocycles. The average molecular weight is 392 g/mol. The van der Waals surface area contributed by atoms with E-state index in [0.29, 0.717) is 5.69 Å². The number of benzene rings is 2. The SMILES string of the molecule is Cc1ccc2nc(-c3ccc(NC(=O)c4c(C(=O)O)cnn4C)cc3)sc2c1. The predicted octanol–water partition coefficient (Wildman–Crippen LogP) is 3.96. The van der Waals surface area contributed by atoms with Crippen LogP contribution in [0, 0.1) is 6.92 Å². The quantitative estimate of drug-likeness (QED) is 0.548. The van der Waals surface area contributed by atoms with Crippen molar-refractivity contribution < 1.29 is 14.7 Å². The molecule has 0 spiro atoms. The largest absolute Gasteiger partial charge is 0.478 e. The number of carboxylic acids is 1. The van der Waals surface area contributed by atoms with Crippen molar-refractivity contribution >= 4 is 39.1 Å². The van der Waals surface area contributed by atoms with Crippen molar-refractivity contribution in [3.05, 3.63) is 65.5 Å². The summed E-state index contributed by atoms with van der Waals surface area (Å²) in [6, 6.07) is 13.4. The van der Waals surface area contributed by atoms with Crippen LogP contribution >= 0.6 is 11.3 Å². The van der Waals surface area contributed by atoms with Gasteiger partial charge in [0, 0.05) is 18.3 Å². The molecule has 2 heterocycles. The van der Waals surface area contributed by atoms with Gasteiger partial charge < -0.3 is 10.4 Å². The molecule has 2 aromatic heterocycles. The number of carbonyl (C=O) groups is 2. The van der Waals surface area contributed by atoms with Crippen molar-refractivity contribution in [2.45, 2.75) is 6.92 Å². The Morgan fingerprint density at radius 1 is 1.14 bits per heavy atom. The van der Waals surface area contributed by atoms with Crippen LogP contribution in [0.1, 0.15) is 26.4 Å². The van der Waals surface area contributed by atoms with Crippen molar-refractivity contribution in [2.24, 2.45) is 7.05 Å². The fourth-order valence-corrected chi connectivity index (χ4v) is 3.97. The molecule has 0 unspecified atom stereocenters. The van der Waals surface area contributed by atoms with Gasteiger partial charge >= 0.3 is 5.97 Å². The minimum atomic E-state index is -1.19. The molecule has 0 aliphatic heterocycles. The van der Waals surface area contributed by atoms with Crippen LogP contribution in [0.3, 0.4) is 0 Å². The Morgan fingerprint density at radius 3 is 2.61 bits per heavy atom. The minimum absolute atomic E-state index is 0.00174. The summed E-state index contributed by atoms with van der Waals surface area (Å²) >= 11 is 1.61. The van der Waals surface area contributed by atoms with E-state index >= 15 is 0 Å². The average Bonchev–Trinajstić information content (AvgIpc) is 3.25. The molecule has 0 aliphatic rings. The Labute approximate surface area is 164 Å². The zero-order chi connectivity index (χ0) is 19.8. The third kappa shape index (κ3) is 3.25. The summed E-state index contributed by atoms with van der Waals surface area (Å²) in [5.74, 6) is -1.72. The van der Waals surface area contributed by atoms with Gasteiger partial charge in [-0.05, 0) is 48.9 Å². The first-order chi connectivity index (χ1) is 13.4. The topological polar surface area (TPSA) is 97.1 Å². The van der Waals surface area contributed by atoms with E-state index in [-0.39, 0.29) is 11.3 Å². The number of aromatic carboxylic acids is 1. The third-order valence-corrected chi connectivity index (χ3v) is 5.39. The van der Waals surface area contributed by atoms with Gasteiger partial charge in [0.05, 0.1) is 16.4 Å². The minimum Gasteiger partial charge on any atom is -0.478 e. The highest BCUT2D eigenvalue weighted by atomic mass is 32.1. The predicted molar refractivity (Wildman–Crippen MR) is 108 cm³/mol. The molecule has 2 N–H and O–H groups in total.